The molecule has 0 amide bonds. The third kappa shape index (κ3) is 5.75. The molecule has 2 N–H and O–H groups in total. The van der Waals surface area contributed by atoms with Gasteiger partial charge in [0.15, 0.2) is 0 Å². The number of nitrogens with two attached hydrogens (primary N) is 1. The Morgan fingerprint density at radius 1 is 1.58 bits per heavy atom. The number of hydrogen-bond acceptors (Lipinski definition) is 3. The smallest absolute Gasteiger partial charge is 0.384 e. The van der Waals surface area contributed by atoms with Gasteiger partial charge in [-0.15, -0.1) is 0 Å². The van der Waals surface area contributed by atoms with Crippen molar-refractivity contribution in [1.29, 1.82) is 0 Å². The molecule has 0 spiro atoms. The standard InChI is InChI=1S/C9H15NO2/c1-3-5-8(10)6-7-9(11)12-4-2/h8H,3-5,10H2,1-2H3. The molecule has 1 atom stereocenters. The highest BCUT2D eigenvalue weighted by atomic mass is 16.5. The van der Waals surface area contributed by atoms with E-state index in [0.29, 0.717) is 6.61 Å². The van der Waals surface area contributed by atoms with Crippen molar-refractivity contribution in [2.24, 2.45) is 5.73 Å². The van der Waals surface area contributed by atoms with Crippen LogP contribution >= 0.6 is 0 Å². The SMILES string of the molecule is CCCC(N)C#CC(=O)OCC. The zero-order valence-corrected chi connectivity index (χ0v) is 7.59. The van der Waals surface area contributed by atoms with Crippen LogP contribution in [0, 0.1) is 11.8 Å². The molecule has 0 aliphatic carbocycles. The predicted molar refractivity (Wildman–Crippen MR) is 47.3 cm³/mol. The summed E-state index contributed by atoms with van der Waals surface area (Å²) in [6.45, 7) is 4.12. The van der Waals surface area contributed by atoms with Crippen LogP contribution in [0.5, 0.6) is 0 Å². The largest absolute Gasteiger partial charge is 0.456 e. The number of rotatable bonds is 3. The number of ether oxygens (including phenoxy) is 1. The van der Waals surface area contributed by atoms with Crippen molar-refractivity contribution in [2.45, 2.75) is 32.7 Å². The van der Waals surface area contributed by atoms with Gasteiger partial charge in [0.25, 0.3) is 0 Å². The first-order valence-electron chi connectivity index (χ1n) is 4.14. The summed E-state index contributed by atoms with van der Waals surface area (Å²) in [6.07, 6.45) is 1.78. The Balaban J connectivity index is 3.76. The summed E-state index contributed by atoms with van der Waals surface area (Å²) in [4.78, 5) is 10.7. The molecule has 0 radical (unpaired) electrons. The minimum absolute atomic E-state index is 0.209. The molecule has 0 saturated carbocycles. The Morgan fingerprint density at radius 2 is 2.25 bits per heavy atom. The minimum atomic E-state index is -0.496. The Bertz CT molecular complexity index is 190. The van der Waals surface area contributed by atoms with Gasteiger partial charge in [0.2, 0.25) is 0 Å². The number of esters is 1. The molecule has 3 nitrogen and oxygen atoms in total. The molecule has 0 heterocycles. The van der Waals surface area contributed by atoms with E-state index in [4.69, 9.17) is 5.73 Å². The lowest BCUT2D eigenvalue weighted by Crippen LogP contribution is -2.17. The molecule has 0 rings (SSSR count). The van der Waals surface area contributed by atoms with Crippen LogP contribution in [0.15, 0.2) is 0 Å². The number of carbonyl (C=O) groups excluding carboxylic acids is 1. The van der Waals surface area contributed by atoms with E-state index in [-0.39, 0.29) is 6.04 Å². The van der Waals surface area contributed by atoms with E-state index in [9.17, 15) is 4.79 Å². The molecule has 0 aromatic carbocycles. The molecule has 1 unspecified atom stereocenters. The van der Waals surface area contributed by atoms with Gasteiger partial charge >= 0.3 is 5.97 Å². The molecule has 68 valence electrons. The van der Waals surface area contributed by atoms with Crippen LogP contribution in [-0.4, -0.2) is 18.6 Å². The van der Waals surface area contributed by atoms with Gasteiger partial charge in [-0.3, -0.25) is 0 Å². The maximum atomic E-state index is 10.7. The van der Waals surface area contributed by atoms with Crippen LogP contribution in [0.1, 0.15) is 26.7 Å². The van der Waals surface area contributed by atoms with Crippen LogP contribution in [-0.2, 0) is 9.53 Å². The molecule has 0 aliphatic heterocycles. The van der Waals surface area contributed by atoms with E-state index in [1.54, 1.807) is 6.92 Å². The third-order valence-electron chi connectivity index (χ3n) is 1.23. The molecular weight excluding hydrogens is 154 g/mol. The van der Waals surface area contributed by atoms with Crippen LogP contribution in [0.2, 0.25) is 0 Å². The maximum absolute atomic E-state index is 10.7. The topological polar surface area (TPSA) is 52.3 Å². The lowest BCUT2D eigenvalue weighted by molar-refractivity contribution is -0.136. The van der Waals surface area contributed by atoms with Gasteiger partial charge in [-0.1, -0.05) is 19.3 Å². The van der Waals surface area contributed by atoms with Crippen molar-refractivity contribution >= 4 is 5.97 Å². The number of carbonyl (C=O) groups is 1. The fraction of sp³-hybridized carbons (Fsp3) is 0.667. The van der Waals surface area contributed by atoms with E-state index in [2.05, 4.69) is 16.6 Å². The summed E-state index contributed by atoms with van der Waals surface area (Å²) in [7, 11) is 0. The van der Waals surface area contributed by atoms with Gasteiger partial charge in [0.05, 0.1) is 12.6 Å². The molecule has 12 heavy (non-hydrogen) atoms. The van der Waals surface area contributed by atoms with Gasteiger partial charge in [0.1, 0.15) is 0 Å². The van der Waals surface area contributed by atoms with E-state index in [1.165, 1.54) is 0 Å². The van der Waals surface area contributed by atoms with Gasteiger partial charge in [-0.05, 0) is 13.3 Å². The van der Waals surface area contributed by atoms with Crippen LogP contribution in [0.3, 0.4) is 0 Å². The number of hydrogen-bond donors (Lipinski definition) is 1. The summed E-state index contributed by atoms with van der Waals surface area (Å²) >= 11 is 0. The molecule has 0 saturated heterocycles. The summed E-state index contributed by atoms with van der Waals surface area (Å²) in [5.41, 5.74) is 5.55. The molecule has 0 aromatic rings. The monoisotopic (exact) mass is 169 g/mol. The van der Waals surface area contributed by atoms with Crippen molar-refractivity contribution in [3.8, 4) is 11.8 Å². The molecule has 3 heteroatoms. The lowest BCUT2D eigenvalue weighted by atomic mass is 10.2. The molecule has 0 aromatic heterocycles. The highest BCUT2D eigenvalue weighted by Gasteiger charge is 1.96. The third-order valence-corrected chi connectivity index (χ3v) is 1.23. The second-order valence-corrected chi connectivity index (χ2v) is 2.38. The van der Waals surface area contributed by atoms with Gasteiger partial charge in [-0.25, -0.2) is 4.79 Å². The lowest BCUT2D eigenvalue weighted by Gasteiger charge is -1.98. The second-order valence-electron chi connectivity index (χ2n) is 2.38. The summed E-state index contributed by atoms with van der Waals surface area (Å²) in [6, 6.07) is -0.209. The fourth-order valence-corrected chi connectivity index (χ4v) is 0.702. The highest BCUT2D eigenvalue weighted by Crippen LogP contribution is 1.90. The normalized spacial score (nSPS) is 11.2. The zero-order chi connectivity index (χ0) is 9.40. The Morgan fingerprint density at radius 3 is 2.75 bits per heavy atom. The molecular formula is C9H15NO2. The molecule has 0 bridgehead atoms. The van der Waals surface area contributed by atoms with Crippen LogP contribution in [0.4, 0.5) is 0 Å². The van der Waals surface area contributed by atoms with Gasteiger partial charge in [0, 0.05) is 5.92 Å². The Labute approximate surface area is 73.3 Å². The Kier molecular flexibility index (Phi) is 6.12. The Hall–Kier alpha value is -1.01. The van der Waals surface area contributed by atoms with E-state index in [0.717, 1.165) is 12.8 Å². The minimum Gasteiger partial charge on any atom is -0.456 e. The van der Waals surface area contributed by atoms with Crippen molar-refractivity contribution in [1.82, 2.24) is 0 Å². The summed E-state index contributed by atoms with van der Waals surface area (Å²) in [5.74, 6) is 4.46. The average molecular weight is 169 g/mol. The van der Waals surface area contributed by atoms with Crippen LogP contribution in [0.25, 0.3) is 0 Å². The first kappa shape index (κ1) is 11.0. The molecule has 0 aliphatic rings. The zero-order valence-electron chi connectivity index (χ0n) is 7.59. The van der Waals surface area contributed by atoms with Gasteiger partial charge in [-0.2, -0.15) is 0 Å². The summed E-state index contributed by atoms with van der Waals surface area (Å²) in [5, 5.41) is 0. The van der Waals surface area contributed by atoms with Crippen LogP contribution < -0.4 is 5.73 Å². The first-order chi connectivity index (χ1) is 5.70. The van der Waals surface area contributed by atoms with Crippen molar-refractivity contribution in [3.63, 3.8) is 0 Å². The fourth-order valence-electron chi connectivity index (χ4n) is 0.702. The highest BCUT2D eigenvalue weighted by molar-refractivity contribution is 5.88. The summed E-state index contributed by atoms with van der Waals surface area (Å²) < 4.78 is 4.60. The first-order valence-corrected chi connectivity index (χ1v) is 4.14. The van der Waals surface area contributed by atoms with E-state index >= 15 is 0 Å². The van der Waals surface area contributed by atoms with E-state index in [1.807, 2.05) is 6.92 Å². The van der Waals surface area contributed by atoms with Crippen molar-refractivity contribution < 1.29 is 9.53 Å². The van der Waals surface area contributed by atoms with Crippen molar-refractivity contribution in [2.75, 3.05) is 6.61 Å². The average Bonchev–Trinajstić information content (AvgIpc) is 2.02. The maximum Gasteiger partial charge on any atom is 0.384 e. The quantitative estimate of drug-likeness (QED) is 0.384. The predicted octanol–water partition coefficient (Wildman–Crippen LogP) is 0.680. The second kappa shape index (κ2) is 6.68. The van der Waals surface area contributed by atoms with Gasteiger partial charge < -0.3 is 10.5 Å². The van der Waals surface area contributed by atoms with Crippen molar-refractivity contribution in [3.05, 3.63) is 0 Å². The molecule has 0 fully saturated rings. The van der Waals surface area contributed by atoms with E-state index < -0.39 is 5.97 Å².